The number of rotatable bonds is 15. The van der Waals surface area contributed by atoms with Gasteiger partial charge >= 0.3 is 0 Å². The number of ether oxygens (including phenoxy) is 2. The van der Waals surface area contributed by atoms with Gasteiger partial charge in [-0.25, -0.2) is 0 Å². The SMILES string of the molecule is COc1c(C)c(O)c(Cc2c(O)c(Cc3c(O)c(C)c(OC)c(C(=O)CC(C)C)c3O)c(O)c(C(=O)CC(C)C)c2O)c(O)c1C(=O)CC(C)C. The van der Waals surface area contributed by atoms with Crippen LogP contribution in [-0.2, 0) is 12.8 Å². The molecular weight excluding hydrogens is 660 g/mol. The molecule has 0 bridgehead atoms. The van der Waals surface area contributed by atoms with Gasteiger partial charge in [-0.05, 0) is 31.6 Å². The summed E-state index contributed by atoms with van der Waals surface area (Å²) in [5.41, 5.74) is -2.20. The summed E-state index contributed by atoms with van der Waals surface area (Å²) in [7, 11) is 2.55. The predicted octanol–water partition coefficient (Wildman–Crippen LogP) is 7.13. The third kappa shape index (κ3) is 7.79. The number of aromatic hydroxyl groups is 7. The molecule has 0 radical (unpaired) electrons. The van der Waals surface area contributed by atoms with Crippen LogP contribution in [0.25, 0.3) is 0 Å². The molecule has 0 fully saturated rings. The van der Waals surface area contributed by atoms with Crippen molar-refractivity contribution in [2.24, 2.45) is 17.8 Å². The van der Waals surface area contributed by atoms with Gasteiger partial charge in [0.15, 0.2) is 17.3 Å². The number of phenolic OH excluding ortho intramolecular Hbond substituents is 7. The van der Waals surface area contributed by atoms with Crippen molar-refractivity contribution in [3.63, 3.8) is 0 Å². The average molecular weight is 711 g/mol. The van der Waals surface area contributed by atoms with Gasteiger partial charge in [-0.1, -0.05) is 41.5 Å². The average Bonchev–Trinajstić information content (AvgIpc) is 3.02. The highest BCUT2D eigenvalue weighted by atomic mass is 16.5. The van der Waals surface area contributed by atoms with Gasteiger partial charge in [0.25, 0.3) is 0 Å². The maximum absolute atomic E-state index is 13.5. The Kier molecular flexibility index (Phi) is 12.5. The second-order valence-corrected chi connectivity index (χ2v) is 14.2. The molecule has 0 spiro atoms. The largest absolute Gasteiger partial charge is 0.507 e. The zero-order valence-corrected chi connectivity index (χ0v) is 30.9. The van der Waals surface area contributed by atoms with Crippen LogP contribution in [0.15, 0.2) is 0 Å². The van der Waals surface area contributed by atoms with E-state index in [0.717, 1.165) is 0 Å². The van der Waals surface area contributed by atoms with Crippen LogP contribution in [0.2, 0.25) is 0 Å². The number of carbonyl (C=O) groups excluding carboxylic acids is 3. The number of ketones is 3. The molecule has 51 heavy (non-hydrogen) atoms. The van der Waals surface area contributed by atoms with E-state index in [4.69, 9.17) is 9.47 Å². The van der Waals surface area contributed by atoms with Gasteiger partial charge in [0, 0.05) is 65.5 Å². The van der Waals surface area contributed by atoms with Crippen molar-refractivity contribution in [1.29, 1.82) is 0 Å². The molecule has 0 unspecified atom stereocenters. The van der Waals surface area contributed by atoms with Crippen molar-refractivity contribution in [3.05, 3.63) is 50.1 Å². The van der Waals surface area contributed by atoms with E-state index < -0.39 is 87.1 Å². The van der Waals surface area contributed by atoms with Crippen molar-refractivity contribution in [3.8, 4) is 51.7 Å². The van der Waals surface area contributed by atoms with Crippen molar-refractivity contribution >= 4 is 17.3 Å². The molecule has 0 aliphatic carbocycles. The number of carbonyl (C=O) groups is 3. The molecule has 0 heterocycles. The molecule has 0 amide bonds. The molecule has 0 aliphatic heterocycles. The van der Waals surface area contributed by atoms with Gasteiger partial charge in [0.1, 0.15) is 68.4 Å². The lowest BCUT2D eigenvalue weighted by Gasteiger charge is -2.23. The Morgan fingerprint density at radius 2 is 0.706 bits per heavy atom. The molecule has 278 valence electrons. The van der Waals surface area contributed by atoms with Crippen molar-refractivity contribution in [1.82, 2.24) is 0 Å². The number of methoxy groups -OCH3 is 2. The van der Waals surface area contributed by atoms with Crippen LogP contribution in [-0.4, -0.2) is 67.3 Å². The van der Waals surface area contributed by atoms with Gasteiger partial charge < -0.3 is 45.2 Å². The lowest BCUT2D eigenvalue weighted by molar-refractivity contribution is 0.0952. The first-order valence-electron chi connectivity index (χ1n) is 16.8. The zero-order chi connectivity index (χ0) is 38.8. The van der Waals surface area contributed by atoms with Crippen LogP contribution in [0.3, 0.4) is 0 Å². The fourth-order valence-electron chi connectivity index (χ4n) is 6.34. The minimum absolute atomic E-state index is 0.0250. The Bertz CT molecular complexity index is 1750. The van der Waals surface area contributed by atoms with E-state index in [2.05, 4.69) is 0 Å². The summed E-state index contributed by atoms with van der Waals surface area (Å²) in [4.78, 5) is 40.1. The maximum atomic E-state index is 13.5. The zero-order valence-electron chi connectivity index (χ0n) is 30.9. The van der Waals surface area contributed by atoms with Gasteiger partial charge in [0.05, 0.1) is 14.2 Å². The highest BCUT2D eigenvalue weighted by Crippen LogP contribution is 2.51. The summed E-state index contributed by atoms with van der Waals surface area (Å²) in [5, 5.41) is 80.1. The first kappa shape index (κ1) is 40.3. The van der Waals surface area contributed by atoms with E-state index in [1.165, 1.54) is 28.1 Å². The molecule has 0 aromatic heterocycles. The monoisotopic (exact) mass is 710 g/mol. The summed E-state index contributed by atoms with van der Waals surface area (Å²) < 4.78 is 10.8. The lowest BCUT2D eigenvalue weighted by Crippen LogP contribution is -2.11. The molecule has 3 aromatic rings. The molecule has 7 N–H and O–H groups in total. The molecule has 3 aromatic carbocycles. The number of Topliss-reactive ketones (excluding diaryl/α,β-unsaturated/α-hetero) is 3. The normalized spacial score (nSPS) is 11.5. The van der Waals surface area contributed by atoms with Crippen LogP contribution in [0, 0.1) is 31.6 Å². The number of benzene rings is 3. The second kappa shape index (κ2) is 15.8. The molecule has 0 aliphatic rings. The third-order valence-corrected chi connectivity index (χ3v) is 8.81. The Hall–Kier alpha value is -5.13. The first-order chi connectivity index (χ1) is 23.7. The van der Waals surface area contributed by atoms with Crippen molar-refractivity contribution < 1.29 is 59.6 Å². The summed E-state index contributed by atoms with van der Waals surface area (Å²) in [6.07, 6.45) is -1.37. The Morgan fingerprint density at radius 1 is 0.451 bits per heavy atom. The van der Waals surface area contributed by atoms with Crippen LogP contribution in [0.4, 0.5) is 0 Å². The van der Waals surface area contributed by atoms with Crippen molar-refractivity contribution in [2.75, 3.05) is 14.2 Å². The molecule has 12 heteroatoms. The van der Waals surface area contributed by atoms with E-state index in [-0.39, 0.29) is 81.9 Å². The minimum Gasteiger partial charge on any atom is -0.507 e. The molecule has 0 atom stereocenters. The van der Waals surface area contributed by atoms with Crippen LogP contribution >= 0.6 is 0 Å². The minimum atomic E-state index is -0.839. The summed E-state index contributed by atoms with van der Waals surface area (Å²) in [6, 6.07) is 0. The topological polar surface area (TPSA) is 211 Å². The van der Waals surface area contributed by atoms with Crippen LogP contribution in [0.1, 0.15) is 125 Å². The number of hydrogen-bond donors (Lipinski definition) is 7. The molecule has 12 nitrogen and oxygen atoms in total. The van der Waals surface area contributed by atoms with Gasteiger partial charge in [0.2, 0.25) is 0 Å². The summed E-state index contributed by atoms with van der Waals surface area (Å²) in [6.45, 7) is 13.6. The summed E-state index contributed by atoms with van der Waals surface area (Å²) >= 11 is 0. The molecule has 0 saturated heterocycles. The maximum Gasteiger partial charge on any atom is 0.170 e. The predicted molar refractivity (Wildman–Crippen MR) is 191 cm³/mol. The fourth-order valence-corrected chi connectivity index (χ4v) is 6.34. The highest BCUT2D eigenvalue weighted by molar-refractivity contribution is 6.05. The molecule has 0 saturated carbocycles. The lowest BCUT2D eigenvalue weighted by atomic mass is 9.86. The standard InChI is InChI=1S/C39H50O12/c1-16(2)11-25(40)28-34(46)23(14-21-31(43)19(7)38(50-9)29(36(21)48)26(41)12-17(3)4)33(45)24(35(28)47)15-22-32(44)20(8)39(51-10)30(37(22)49)27(42)13-18(5)6/h16-18,43-49H,11-15H2,1-10H3. The fraction of sp³-hybridized carbons (Fsp3) is 0.462. The second-order valence-electron chi connectivity index (χ2n) is 14.2. The first-order valence-corrected chi connectivity index (χ1v) is 16.8. The van der Waals surface area contributed by atoms with Gasteiger partial charge in [-0.15, -0.1) is 0 Å². The van der Waals surface area contributed by atoms with Gasteiger partial charge in [-0.3, -0.25) is 14.4 Å². The van der Waals surface area contributed by atoms with E-state index in [1.807, 2.05) is 27.7 Å². The smallest absolute Gasteiger partial charge is 0.170 e. The molecular formula is C39H50O12. The summed E-state index contributed by atoms with van der Waals surface area (Å²) in [5.74, 6) is -7.06. The Balaban J connectivity index is 2.43. The van der Waals surface area contributed by atoms with E-state index >= 15 is 0 Å². The third-order valence-electron chi connectivity index (χ3n) is 8.81. The number of hydrogen-bond acceptors (Lipinski definition) is 12. The number of phenols is 7. The Labute approximate surface area is 297 Å². The highest BCUT2D eigenvalue weighted by Gasteiger charge is 2.34. The Morgan fingerprint density at radius 3 is 0.980 bits per heavy atom. The van der Waals surface area contributed by atoms with Crippen LogP contribution < -0.4 is 9.47 Å². The van der Waals surface area contributed by atoms with Crippen LogP contribution in [0.5, 0.6) is 51.7 Å². The van der Waals surface area contributed by atoms with E-state index in [9.17, 15) is 50.1 Å². The quantitative estimate of drug-likeness (QED) is 0.0786. The van der Waals surface area contributed by atoms with E-state index in [0.29, 0.717) is 0 Å². The molecule has 3 rings (SSSR count). The van der Waals surface area contributed by atoms with Gasteiger partial charge in [-0.2, -0.15) is 0 Å². The van der Waals surface area contributed by atoms with E-state index in [1.54, 1.807) is 13.8 Å². The van der Waals surface area contributed by atoms with Crippen molar-refractivity contribution in [2.45, 2.75) is 87.5 Å².